The second-order valence-corrected chi connectivity index (χ2v) is 6.97. The van der Waals surface area contributed by atoms with Crippen molar-refractivity contribution < 1.29 is 4.74 Å². The standard InChI is InChI=1S/C24H22N2O2/c1-26(2)19-11-12-22-21(14-19)24(27)15-23(25-22)18-9-6-10-20(13-18)28-16-17-7-4-3-5-8-17/h3-15H,16H2,1-2H3,(H,25,27). The molecule has 3 aromatic carbocycles. The minimum Gasteiger partial charge on any atom is -0.489 e. The van der Waals surface area contributed by atoms with Crippen LogP contribution in [0, 0.1) is 0 Å². The maximum Gasteiger partial charge on any atom is 0.190 e. The first-order valence-corrected chi connectivity index (χ1v) is 9.22. The zero-order chi connectivity index (χ0) is 19.5. The molecule has 0 bridgehead atoms. The Morgan fingerprint density at radius 2 is 1.71 bits per heavy atom. The number of aromatic nitrogens is 1. The van der Waals surface area contributed by atoms with E-state index in [1.54, 1.807) is 6.07 Å². The molecule has 4 nitrogen and oxygen atoms in total. The number of benzene rings is 3. The third-order valence-corrected chi connectivity index (χ3v) is 4.72. The molecule has 0 spiro atoms. The van der Waals surface area contributed by atoms with Crippen molar-refractivity contribution in [3.8, 4) is 17.0 Å². The van der Waals surface area contributed by atoms with Gasteiger partial charge in [0.15, 0.2) is 5.43 Å². The van der Waals surface area contributed by atoms with Gasteiger partial charge in [0, 0.05) is 48.0 Å². The highest BCUT2D eigenvalue weighted by molar-refractivity contribution is 5.84. The predicted molar refractivity (Wildman–Crippen MR) is 115 cm³/mol. The molecule has 1 aromatic heterocycles. The molecule has 4 heteroatoms. The van der Waals surface area contributed by atoms with Crippen LogP contribution in [-0.4, -0.2) is 19.1 Å². The van der Waals surface area contributed by atoms with E-state index in [0.29, 0.717) is 12.0 Å². The van der Waals surface area contributed by atoms with E-state index in [0.717, 1.165) is 33.8 Å². The summed E-state index contributed by atoms with van der Waals surface area (Å²) in [5.41, 5.74) is 4.64. The molecule has 140 valence electrons. The van der Waals surface area contributed by atoms with Gasteiger partial charge in [-0.1, -0.05) is 42.5 Å². The summed E-state index contributed by atoms with van der Waals surface area (Å²) in [5, 5.41) is 0.687. The molecular weight excluding hydrogens is 348 g/mol. The fraction of sp³-hybridized carbons (Fsp3) is 0.125. The highest BCUT2D eigenvalue weighted by Crippen LogP contribution is 2.25. The van der Waals surface area contributed by atoms with E-state index in [9.17, 15) is 4.79 Å². The van der Waals surface area contributed by atoms with Gasteiger partial charge < -0.3 is 14.6 Å². The molecule has 4 aromatic rings. The van der Waals surface area contributed by atoms with E-state index in [1.165, 1.54) is 0 Å². The van der Waals surface area contributed by atoms with Gasteiger partial charge in [-0.25, -0.2) is 0 Å². The van der Waals surface area contributed by atoms with Crippen LogP contribution in [-0.2, 0) is 6.61 Å². The summed E-state index contributed by atoms with van der Waals surface area (Å²) in [6, 6.07) is 25.4. The summed E-state index contributed by atoms with van der Waals surface area (Å²) >= 11 is 0. The minimum absolute atomic E-state index is 0.00283. The van der Waals surface area contributed by atoms with Crippen LogP contribution in [0.2, 0.25) is 0 Å². The summed E-state index contributed by atoms with van der Waals surface area (Å²) in [5.74, 6) is 0.769. The number of nitrogens with one attached hydrogen (secondary N) is 1. The van der Waals surface area contributed by atoms with E-state index in [1.807, 2.05) is 91.8 Å². The van der Waals surface area contributed by atoms with Crippen molar-refractivity contribution in [2.24, 2.45) is 0 Å². The van der Waals surface area contributed by atoms with Crippen molar-refractivity contribution in [3.05, 3.63) is 94.6 Å². The molecule has 28 heavy (non-hydrogen) atoms. The molecular formula is C24H22N2O2. The summed E-state index contributed by atoms with van der Waals surface area (Å²) in [6.07, 6.45) is 0. The maximum atomic E-state index is 12.7. The van der Waals surface area contributed by atoms with Gasteiger partial charge in [0.05, 0.1) is 0 Å². The molecule has 0 radical (unpaired) electrons. The molecule has 4 rings (SSSR count). The fourth-order valence-electron chi connectivity index (χ4n) is 3.16. The van der Waals surface area contributed by atoms with Gasteiger partial charge >= 0.3 is 0 Å². The van der Waals surface area contributed by atoms with Crippen LogP contribution in [0.15, 0.2) is 83.7 Å². The first-order chi connectivity index (χ1) is 13.6. The first kappa shape index (κ1) is 17.9. The molecule has 0 unspecified atom stereocenters. The molecule has 1 heterocycles. The van der Waals surface area contributed by atoms with Crippen molar-refractivity contribution >= 4 is 16.6 Å². The van der Waals surface area contributed by atoms with Crippen LogP contribution in [0.1, 0.15) is 5.56 Å². The Labute approximate surface area is 164 Å². The Balaban J connectivity index is 1.64. The van der Waals surface area contributed by atoms with Crippen LogP contribution in [0.3, 0.4) is 0 Å². The summed E-state index contributed by atoms with van der Waals surface area (Å²) < 4.78 is 5.92. The molecule has 0 saturated carbocycles. The highest BCUT2D eigenvalue weighted by Gasteiger charge is 2.07. The summed E-state index contributed by atoms with van der Waals surface area (Å²) in [7, 11) is 3.93. The summed E-state index contributed by atoms with van der Waals surface area (Å²) in [4.78, 5) is 18.0. The third kappa shape index (κ3) is 3.76. The second-order valence-electron chi connectivity index (χ2n) is 6.97. The van der Waals surface area contributed by atoms with Crippen molar-refractivity contribution in [3.63, 3.8) is 0 Å². The van der Waals surface area contributed by atoms with Crippen LogP contribution < -0.4 is 15.1 Å². The number of aromatic amines is 1. The monoisotopic (exact) mass is 370 g/mol. The Morgan fingerprint density at radius 3 is 2.50 bits per heavy atom. The number of nitrogens with zero attached hydrogens (tertiary/aromatic N) is 1. The number of hydrogen-bond acceptors (Lipinski definition) is 3. The second kappa shape index (κ2) is 7.61. The maximum absolute atomic E-state index is 12.7. The molecule has 0 aliphatic heterocycles. The minimum atomic E-state index is 0.00283. The van der Waals surface area contributed by atoms with Crippen LogP contribution in [0.4, 0.5) is 5.69 Å². The van der Waals surface area contributed by atoms with Crippen molar-refractivity contribution in [1.82, 2.24) is 4.98 Å². The number of H-pyrrole nitrogens is 1. The lowest BCUT2D eigenvalue weighted by molar-refractivity contribution is 0.306. The lowest BCUT2D eigenvalue weighted by Crippen LogP contribution is -2.10. The number of ether oxygens (including phenoxy) is 1. The largest absolute Gasteiger partial charge is 0.489 e. The van der Waals surface area contributed by atoms with Crippen molar-refractivity contribution in [2.45, 2.75) is 6.61 Å². The fourth-order valence-corrected chi connectivity index (χ4v) is 3.16. The van der Waals surface area contributed by atoms with Gasteiger partial charge in [-0.3, -0.25) is 4.79 Å². The molecule has 0 aliphatic carbocycles. The van der Waals surface area contributed by atoms with Gasteiger partial charge in [0.1, 0.15) is 12.4 Å². The third-order valence-electron chi connectivity index (χ3n) is 4.72. The lowest BCUT2D eigenvalue weighted by atomic mass is 10.1. The van der Waals surface area contributed by atoms with E-state index in [4.69, 9.17) is 4.74 Å². The van der Waals surface area contributed by atoms with Gasteiger partial charge in [0.2, 0.25) is 0 Å². The van der Waals surface area contributed by atoms with Gasteiger partial charge in [-0.2, -0.15) is 0 Å². The summed E-state index contributed by atoms with van der Waals surface area (Å²) in [6.45, 7) is 0.506. The van der Waals surface area contributed by atoms with Gasteiger partial charge in [-0.15, -0.1) is 0 Å². The lowest BCUT2D eigenvalue weighted by Gasteiger charge is -2.13. The van der Waals surface area contributed by atoms with E-state index in [-0.39, 0.29) is 5.43 Å². The Bertz CT molecular complexity index is 1160. The topological polar surface area (TPSA) is 45.3 Å². The van der Waals surface area contributed by atoms with E-state index >= 15 is 0 Å². The highest BCUT2D eigenvalue weighted by atomic mass is 16.5. The number of anilines is 1. The zero-order valence-corrected chi connectivity index (χ0v) is 16.0. The quantitative estimate of drug-likeness (QED) is 0.547. The average molecular weight is 370 g/mol. The van der Waals surface area contributed by atoms with Crippen LogP contribution in [0.5, 0.6) is 5.75 Å². The Morgan fingerprint density at radius 1 is 0.893 bits per heavy atom. The smallest absolute Gasteiger partial charge is 0.190 e. The number of fused-ring (bicyclic) bond motifs is 1. The SMILES string of the molecule is CN(C)c1ccc2[nH]c(-c3cccc(OCc4ccccc4)c3)cc(=O)c2c1. The molecule has 0 amide bonds. The predicted octanol–water partition coefficient (Wildman–Crippen LogP) is 4.84. The molecule has 0 fully saturated rings. The molecule has 0 aliphatic rings. The van der Waals surface area contributed by atoms with E-state index in [2.05, 4.69) is 4.98 Å². The van der Waals surface area contributed by atoms with Crippen LogP contribution >= 0.6 is 0 Å². The number of hydrogen-bond donors (Lipinski definition) is 1. The normalized spacial score (nSPS) is 10.8. The average Bonchev–Trinajstić information content (AvgIpc) is 2.73. The van der Waals surface area contributed by atoms with Crippen molar-refractivity contribution in [1.29, 1.82) is 0 Å². The molecule has 0 atom stereocenters. The zero-order valence-electron chi connectivity index (χ0n) is 16.0. The Hall–Kier alpha value is -3.53. The number of pyridine rings is 1. The van der Waals surface area contributed by atoms with Crippen molar-refractivity contribution in [2.75, 3.05) is 19.0 Å². The van der Waals surface area contributed by atoms with Gasteiger partial charge in [0.25, 0.3) is 0 Å². The van der Waals surface area contributed by atoms with Gasteiger partial charge in [-0.05, 0) is 35.9 Å². The number of rotatable bonds is 5. The Kier molecular flexibility index (Phi) is 4.85. The first-order valence-electron chi connectivity index (χ1n) is 9.22. The van der Waals surface area contributed by atoms with Crippen LogP contribution in [0.25, 0.3) is 22.2 Å². The molecule has 1 N–H and O–H groups in total. The molecule has 0 saturated heterocycles. The van der Waals surface area contributed by atoms with E-state index < -0.39 is 0 Å².